The molecular formula is C20H21N3O4S. The third-order valence-electron chi connectivity index (χ3n) is 4.94. The lowest BCUT2D eigenvalue weighted by Crippen LogP contribution is -2.28. The molecule has 1 fully saturated rings. The van der Waals surface area contributed by atoms with Gasteiger partial charge in [-0.2, -0.15) is 4.31 Å². The summed E-state index contributed by atoms with van der Waals surface area (Å²) in [5, 5.41) is 8.26. The van der Waals surface area contributed by atoms with E-state index in [9.17, 15) is 8.42 Å². The van der Waals surface area contributed by atoms with Gasteiger partial charge < -0.3 is 9.15 Å². The zero-order valence-electron chi connectivity index (χ0n) is 15.7. The molecule has 1 aliphatic heterocycles. The van der Waals surface area contributed by atoms with Crippen LogP contribution in [0.2, 0.25) is 0 Å². The van der Waals surface area contributed by atoms with Crippen LogP contribution in [0.4, 0.5) is 0 Å². The summed E-state index contributed by atoms with van der Waals surface area (Å²) >= 11 is 0. The highest BCUT2D eigenvalue weighted by molar-refractivity contribution is 7.89. The molecule has 4 rings (SSSR count). The van der Waals surface area contributed by atoms with E-state index >= 15 is 0 Å². The van der Waals surface area contributed by atoms with Gasteiger partial charge in [-0.15, -0.1) is 10.2 Å². The first kappa shape index (κ1) is 18.6. The summed E-state index contributed by atoms with van der Waals surface area (Å²) in [5.74, 6) is 1.51. The number of benzene rings is 2. The minimum atomic E-state index is -3.52. The molecule has 8 heteroatoms. The van der Waals surface area contributed by atoms with Gasteiger partial charge in [0.25, 0.3) is 0 Å². The van der Waals surface area contributed by atoms with Gasteiger partial charge in [0.1, 0.15) is 5.75 Å². The number of hydrogen-bond acceptors (Lipinski definition) is 6. The number of sulfonamides is 1. The molecule has 7 nitrogen and oxygen atoms in total. The lowest BCUT2D eigenvalue weighted by molar-refractivity contribution is 0.414. The molecule has 0 radical (unpaired) electrons. The number of aryl methyl sites for hydroxylation is 1. The summed E-state index contributed by atoms with van der Waals surface area (Å²) < 4.78 is 38.2. The molecule has 1 atom stereocenters. The summed E-state index contributed by atoms with van der Waals surface area (Å²) in [4.78, 5) is 0.309. The van der Waals surface area contributed by atoms with Crippen molar-refractivity contribution in [1.82, 2.24) is 14.5 Å². The fourth-order valence-corrected chi connectivity index (χ4v) is 4.76. The van der Waals surface area contributed by atoms with Crippen LogP contribution >= 0.6 is 0 Å². The monoisotopic (exact) mass is 399 g/mol. The molecule has 1 unspecified atom stereocenters. The molecule has 1 saturated heterocycles. The van der Waals surface area contributed by atoms with Crippen LogP contribution < -0.4 is 4.74 Å². The van der Waals surface area contributed by atoms with E-state index in [2.05, 4.69) is 10.2 Å². The summed E-state index contributed by atoms with van der Waals surface area (Å²) in [6.45, 7) is 2.69. The zero-order chi connectivity index (χ0) is 19.7. The average molecular weight is 399 g/mol. The first-order chi connectivity index (χ1) is 13.5. The Morgan fingerprint density at radius 3 is 2.46 bits per heavy atom. The van der Waals surface area contributed by atoms with Crippen LogP contribution in [0.25, 0.3) is 11.5 Å². The van der Waals surface area contributed by atoms with E-state index in [1.807, 2.05) is 31.2 Å². The molecule has 2 aromatic carbocycles. The first-order valence-corrected chi connectivity index (χ1v) is 10.5. The molecular weight excluding hydrogens is 378 g/mol. The second-order valence-corrected chi connectivity index (χ2v) is 8.77. The largest absolute Gasteiger partial charge is 0.497 e. The van der Waals surface area contributed by atoms with E-state index in [-0.39, 0.29) is 5.92 Å². The van der Waals surface area contributed by atoms with Crippen molar-refractivity contribution in [1.29, 1.82) is 0 Å². The highest BCUT2D eigenvalue weighted by Gasteiger charge is 2.35. The van der Waals surface area contributed by atoms with E-state index in [1.54, 1.807) is 31.4 Å². The van der Waals surface area contributed by atoms with Crippen molar-refractivity contribution < 1.29 is 17.6 Å². The molecule has 2 heterocycles. The molecule has 0 aliphatic carbocycles. The van der Waals surface area contributed by atoms with E-state index in [1.165, 1.54) is 4.31 Å². The molecule has 1 aliphatic rings. The number of hydrogen-bond donors (Lipinski definition) is 0. The SMILES string of the molecule is COc1ccc(-c2nnc(C3CCN(S(=O)(=O)c4ccc(C)cc4)C3)o2)cc1. The topological polar surface area (TPSA) is 85.5 Å². The summed E-state index contributed by atoms with van der Waals surface area (Å²) in [7, 11) is -1.91. The van der Waals surface area contributed by atoms with Crippen molar-refractivity contribution in [2.75, 3.05) is 20.2 Å². The second-order valence-electron chi connectivity index (χ2n) is 6.84. The van der Waals surface area contributed by atoms with Gasteiger partial charge in [-0.25, -0.2) is 8.42 Å². The number of aromatic nitrogens is 2. The summed E-state index contributed by atoms with van der Waals surface area (Å²) in [6.07, 6.45) is 0.648. The van der Waals surface area contributed by atoms with Gasteiger partial charge in [-0.1, -0.05) is 17.7 Å². The molecule has 146 valence electrons. The predicted octanol–water partition coefficient (Wildman–Crippen LogP) is 3.23. The molecule has 3 aromatic rings. The van der Waals surface area contributed by atoms with Crippen LogP contribution in [0, 0.1) is 6.92 Å². The standard InChI is InChI=1S/C20H21N3O4S/c1-14-3-9-18(10-4-14)28(24,25)23-12-11-16(13-23)20-22-21-19(27-20)15-5-7-17(26-2)8-6-15/h3-10,16H,11-13H2,1-2H3. The third kappa shape index (κ3) is 3.53. The zero-order valence-corrected chi connectivity index (χ0v) is 16.5. The fraction of sp³-hybridized carbons (Fsp3) is 0.300. The Balaban J connectivity index is 1.50. The van der Waals surface area contributed by atoms with Gasteiger partial charge in [0.15, 0.2) is 0 Å². The normalized spacial score (nSPS) is 17.7. The molecule has 0 saturated carbocycles. The Kier molecular flexibility index (Phi) is 4.91. The van der Waals surface area contributed by atoms with E-state index in [0.29, 0.717) is 36.2 Å². The second kappa shape index (κ2) is 7.37. The molecule has 1 aromatic heterocycles. The quantitative estimate of drug-likeness (QED) is 0.655. The van der Waals surface area contributed by atoms with Crippen LogP contribution in [-0.2, 0) is 10.0 Å². The highest BCUT2D eigenvalue weighted by Crippen LogP contribution is 2.32. The maximum absolute atomic E-state index is 12.9. The number of ether oxygens (including phenoxy) is 1. The van der Waals surface area contributed by atoms with Crippen LogP contribution in [-0.4, -0.2) is 43.1 Å². The van der Waals surface area contributed by atoms with Gasteiger partial charge in [0.05, 0.1) is 17.9 Å². The van der Waals surface area contributed by atoms with Crippen LogP contribution in [0.15, 0.2) is 57.8 Å². The van der Waals surface area contributed by atoms with Gasteiger partial charge in [0.2, 0.25) is 21.8 Å². The van der Waals surface area contributed by atoms with Crippen molar-refractivity contribution in [3.05, 3.63) is 60.0 Å². The van der Waals surface area contributed by atoms with Crippen molar-refractivity contribution in [2.45, 2.75) is 24.2 Å². The Hall–Kier alpha value is -2.71. The predicted molar refractivity (Wildman–Crippen MR) is 104 cm³/mol. The fourth-order valence-electron chi connectivity index (χ4n) is 3.26. The summed E-state index contributed by atoms with van der Waals surface area (Å²) in [5.41, 5.74) is 1.82. The van der Waals surface area contributed by atoms with Gasteiger partial charge in [-0.3, -0.25) is 0 Å². The first-order valence-electron chi connectivity index (χ1n) is 9.02. The van der Waals surface area contributed by atoms with Crippen LogP contribution in [0.1, 0.15) is 23.8 Å². The van der Waals surface area contributed by atoms with Gasteiger partial charge in [0, 0.05) is 18.7 Å². The van der Waals surface area contributed by atoms with E-state index in [0.717, 1.165) is 16.9 Å². The minimum Gasteiger partial charge on any atom is -0.497 e. The Bertz CT molecular complexity index is 1060. The van der Waals surface area contributed by atoms with Crippen molar-refractivity contribution in [3.63, 3.8) is 0 Å². The Morgan fingerprint density at radius 1 is 1.07 bits per heavy atom. The van der Waals surface area contributed by atoms with Gasteiger partial charge >= 0.3 is 0 Å². The minimum absolute atomic E-state index is 0.111. The number of rotatable bonds is 5. The highest BCUT2D eigenvalue weighted by atomic mass is 32.2. The molecule has 0 amide bonds. The lowest BCUT2D eigenvalue weighted by Gasteiger charge is -2.16. The summed E-state index contributed by atoms with van der Waals surface area (Å²) in [6, 6.07) is 14.2. The number of methoxy groups -OCH3 is 1. The maximum Gasteiger partial charge on any atom is 0.247 e. The van der Waals surface area contributed by atoms with Crippen LogP contribution in [0.3, 0.4) is 0 Å². The van der Waals surface area contributed by atoms with Gasteiger partial charge in [-0.05, 0) is 49.7 Å². The van der Waals surface area contributed by atoms with E-state index < -0.39 is 10.0 Å². The average Bonchev–Trinajstić information content (AvgIpc) is 3.38. The van der Waals surface area contributed by atoms with Crippen molar-refractivity contribution in [2.24, 2.45) is 0 Å². The Morgan fingerprint density at radius 2 is 1.79 bits per heavy atom. The van der Waals surface area contributed by atoms with Crippen molar-refractivity contribution >= 4 is 10.0 Å². The molecule has 0 bridgehead atoms. The van der Waals surface area contributed by atoms with E-state index in [4.69, 9.17) is 9.15 Å². The lowest BCUT2D eigenvalue weighted by atomic mass is 10.1. The number of nitrogens with zero attached hydrogens (tertiary/aromatic N) is 3. The Labute approximate surface area is 164 Å². The van der Waals surface area contributed by atoms with Crippen molar-refractivity contribution in [3.8, 4) is 17.2 Å². The molecule has 28 heavy (non-hydrogen) atoms. The molecule has 0 N–H and O–H groups in total. The van der Waals surface area contributed by atoms with Crippen LogP contribution in [0.5, 0.6) is 5.75 Å². The third-order valence-corrected chi connectivity index (χ3v) is 6.82. The smallest absolute Gasteiger partial charge is 0.247 e. The molecule has 0 spiro atoms. The maximum atomic E-state index is 12.9.